The van der Waals surface area contributed by atoms with Gasteiger partial charge < -0.3 is 14.2 Å². The van der Waals surface area contributed by atoms with Gasteiger partial charge in [-0.1, -0.05) is 35.5 Å². The quantitative estimate of drug-likeness (QED) is 0.706. The first-order chi connectivity index (χ1) is 13.3. The molecular formula is C21H21N3O3. The molecule has 6 heteroatoms. The molecule has 0 bridgehead atoms. The summed E-state index contributed by atoms with van der Waals surface area (Å²) in [5, 5.41) is 4.18. The monoisotopic (exact) mass is 363 g/mol. The Kier molecular flexibility index (Phi) is 4.87. The zero-order valence-electron chi connectivity index (χ0n) is 15.2. The molecule has 0 radical (unpaired) electrons. The number of nitrogens with zero attached hydrogens (tertiary/aromatic N) is 3. The van der Waals surface area contributed by atoms with Crippen molar-refractivity contribution < 1.29 is 14.1 Å². The fourth-order valence-electron chi connectivity index (χ4n) is 3.47. The van der Waals surface area contributed by atoms with E-state index >= 15 is 0 Å². The van der Waals surface area contributed by atoms with Gasteiger partial charge in [0.2, 0.25) is 0 Å². The molecule has 138 valence electrons. The fourth-order valence-corrected chi connectivity index (χ4v) is 3.47. The number of hydrogen-bond acceptors (Lipinski definition) is 5. The van der Waals surface area contributed by atoms with Gasteiger partial charge >= 0.3 is 0 Å². The van der Waals surface area contributed by atoms with E-state index in [4.69, 9.17) is 9.26 Å². The highest BCUT2D eigenvalue weighted by atomic mass is 16.5. The van der Waals surface area contributed by atoms with Crippen molar-refractivity contribution in [2.45, 2.75) is 18.8 Å². The minimum Gasteiger partial charge on any atom is -0.496 e. The van der Waals surface area contributed by atoms with Gasteiger partial charge in [0, 0.05) is 24.6 Å². The lowest BCUT2D eigenvalue weighted by Crippen LogP contribution is -2.39. The smallest absolute Gasteiger partial charge is 0.261 e. The molecule has 6 nitrogen and oxygen atoms in total. The molecule has 4 rings (SSSR count). The third-order valence-corrected chi connectivity index (χ3v) is 4.87. The van der Waals surface area contributed by atoms with E-state index in [1.165, 1.54) is 0 Å². The van der Waals surface area contributed by atoms with Crippen molar-refractivity contribution in [3.63, 3.8) is 0 Å². The topological polar surface area (TPSA) is 68.5 Å². The summed E-state index contributed by atoms with van der Waals surface area (Å²) in [5.41, 5.74) is 1.48. The zero-order valence-corrected chi connectivity index (χ0v) is 15.2. The van der Waals surface area contributed by atoms with E-state index in [1.807, 2.05) is 59.5 Å². The standard InChI is InChI=1S/C21H21N3O3/c1-26-18-12-6-5-11-17(18)20-22-19(23-27-20)16-10-7-13-24(14-16)21(25)15-8-3-2-4-9-15/h2-6,8-9,11-12,16H,7,10,13-14H2,1H3/t16-/m0/s1. The molecule has 0 aliphatic carbocycles. The van der Waals surface area contributed by atoms with Crippen LogP contribution in [0.25, 0.3) is 11.5 Å². The summed E-state index contributed by atoms with van der Waals surface area (Å²) in [7, 11) is 1.62. The highest BCUT2D eigenvalue weighted by molar-refractivity contribution is 5.94. The number of rotatable bonds is 4. The van der Waals surface area contributed by atoms with Gasteiger partial charge in [-0.15, -0.1) is 0 Å². The average Bonchev–Trinajstić information content (AvgIpc) is 3.24. The second kappa shape index (κ2) is 7.61. The summed E-state index contributed by atoms with van der Waals surface area (Å²) in [6, 6.07) is 16.9. The molecule has 2 heterocycles. The Morgan fingerprint density at radius 1 is 1.15 bits per heavy atom. The number of ether oxygens (including phenoxy) is 1. The largest absolute Gasteiger partial charge is 0.496 e. The van der Waals surface area contributed by atoms with Crippen LogP contribution in [-0.4, -0.2) is 41.1 Å². The Morgan fingerprint density at radius 2 is 1.93 bits per heavy atom. The van der Waals surface area contributed by atoms with Crippen LogP contribution < -0.4 is 4.74 Å². The van der Waals surface area contributed by atoms with Gasteiger partial charge in [0.1, 0.15) is 5.75 Å². The first kappa shape index (κ1) is 17.3. The minimum atomic E-state index is 0.0498. The van der Waals surface area contributed by atoms with Crippen LogP contribution in [0.1, 0.15) is 34.9 Å². The highest BCUT2D eigenvalue weighted by Gasteiger charge is 2.29. The predicted octanol–water partition coefficient (Wildman–Crippen LogP) is 3.77. The Bertz CT molecular complexity index is 923. The van der Waals surface area contributed by atoms with Crippen LogP contribution in [0.4, 0.5) is 0 Å². The molecule has 1 aliphatic rings. The van der Waals surface area contributed by atoms with Crippen LogP contribution in [0.5, 0.6) is 5.75 Å². The van der Waals surface area contributed by atoms with Gasteiger partial charge in [0.15, 0.2) is 5.82 Å². The molecule has 0 unspecified atom stereocenters. The number of carbonyl (C=O) groups is 1. The summed E-state index contributed by atoms with van der Waals surface area (Å²) in [6.07, 6.45) is 1.85. The van der Waals surface area contributed by atoms with Crippen molar-refractivity contribution in [2.75, 3.05) is 20.2 Å². The van der Waals surface area contributed by atoms with Gasteiger partial charge in [0.05, 0.1) is 12.7 Å². The van der Waals surface area contributed by atoms with Crippen molar-refractivity contribution in [1.82, 2.24) is 15.0 Å². The van der Waals surface area contributed by atoms with E-state index in [2.05, 4.69) is 10.1 Å². The Hall–Kier alpha value is -3.15. The number of aromatic nitrogens is 2. The molecule has 1 aliphatic heterocycles. The first-order valence-corrected chi connectivity index (χ1v) is 9.07. The maximum absolute atomic E-state index is 12.7. The molecular weight excluding hydrogens is 342 g/mol. The minimum absolute atomic E-state index is 0.0498. The third kappa shape index (κ3) is 3.56. The molecule has 1 aromatic heterocycles. The number of hydrogen-bond donors (Lipinski definition) is 0. The van der Waals surface area contributed by atoms with Crippen molar-refractivity contribution in [2.24, 2.45) is 0 Å². The molecule has 27 heavy (non-hydrogen) atoms. The molecule has 1 amide bonds. The van der Waals surface area contributed by atoms with Gasteiger partial charge in [-0.2, -0.15) is 4.98 Å². The summed E-state index contributed by atoms with van der Waals surface area (Å²) in [4.78, 5) is 19.2. The summed E-state index contributed by atoms with van der Waals surface area (Å²) in [6.45, 7) is 1.35. The maximum Gasteiger partial charge on any atom is 0.261 e. The molecule has 1 fully saturated rings. The molecule has 0 N–H and O–H groups in total. The zero-order chi connectivity index (χ0) is 18.6. The van der Waals surface area contributed by atoms with Crippen LogP contribution in [0.15, 0.2) is 59.1 Å². The number of amides is 1. The second-order valence-electron chi connectivity index (χ2n) is 6.61. The van der Waals surface area contributed by atoms with Crippen LogP contribution in [0, 0.1) is 0 Å². The van der Waals surface area contributed by atoms with Gasteiger partial charge in [-0.05, 0) is 37.1 Å². The molecule has 0 spiro atoms. The van der Waals surface area contributed by atoms with E-state index < -0.39 is 0 Å². The van der Waals surface area contributed by atoms with E-state index in [0.29, 0.717) is 29.6 Å². The van der Waals surface area contributed by atoms with E-state index in [-0.39, 0.29) is 11.8 Å². The number of methoxy groups -OCH3 is 1. The third-order valence-electron chi connectivity index (χ3n) is 4.87. The molecule has 1 saturated heterocycles. The van der Waals surface area contributed by atoms with E-state index in [9.17, 15) is 4.79 Å². The number of carbonyl (C=O) groups excluding carboxylic acids is 1. The van der Waals surface area contributed by atoms with E-state index in [1.54, 1.807) is 7.11 Å². The highest BCUT2D eigenvalue weighted by Crippen LogP contribution is 2.31. The summed E-state index contributed by atoms with van der Waals surface area (Å²) in [5.74, 6) is 1.89. The van der Waals surface area contributed by atoms with Gasteiger partial charge in [-0.3, -0.25) is 4.79 Å². The van der Waals surface area contributed by atoms with Crippen molar-refractivity contribution in [3.8, 4) is 17.2 Å². The van der Waals surface area contributed by atoms with Crippen molar-refractivity contribution in [3.05, 3.63) is 66.0 Å². The predicted molar refractivity (Wildman–Crippen MR) is 101 cm³/mol. The molecule has 3 aromatic rings. The van der Waals surface area contributed by atoms with Crippen LogP contribution >= 0.6 is 0 Å². The van der Waals surface area contributed by atoms with E-state index in [0.717, 1.165) is 24.9 Å². The lowest BCUT2D eigenvalue weighted by Gasteiger charge is -2.31. The molecule has 1 atom stereocenters. The molecule has 0 saturated carbocycles. The van der Waals surface area contributed by atoms with Crippen molar-refractivity contribution in [1.29, 1.82) is 0 Å². The lowest BCUT2D eigenvalue weighted by molar-refractivity contribution is 0.0703. The Balaban J connectivity index is 1.52. The van der Waals surface area contributed by atoms with Gasteiger partial charge in [0.25, 0.3) is 11.8 Å². The summed E-state index contributed by atoms with van der Waals surface area (Å²) >= 11 is 0. The SMILES string of the molecule is COc1ccccc1-c1nc([C@H]2CCCN(C(=O)c3ccccc3)C2)no1. The summed E-state index contributed by atoms with van der Waals surface area (Å²) < 4.78 is 10.9. The fraction of sp³-hybridized carbons (Fsp3) is 0.286. The second-order valence-corrected chi connectivity index (χ2v) is 6.61. The first-order valence-electron chi connectivity index (χ1n) is 9.07. The molecule has 2 aromatic carbocycles. The number of para-hydroxylation sites is 1. The van der Waals surface area contributed by atoms with Crippen LogP contribution in [0.3, 0.4) is 0 Å². The maximum atomic E-state index is 12.7. The average molecular weight is 363 g/mol. The lowest BCUT2D eigenvalue weighted by atomic mass is 9.96. The van der Waals surface area contributed by atoms with Crippen molar-refractivity contribution >= 4 is 5.91 Å². The van der Waals surface area contributed by atoms with Crippen LogP contribution in [0.2, 0.25) is 0 Å². The van der Waals surface area contributed by atoms with Gasteiger partial charge in [-0.25, -0.2) is 0 Å². The van der Waals surface area contributed by atoms with Crippen LogP contribution in [-0.2, 0) is 0 Å². The number of likely N-dealkylation sites (tertiary alicyclic amines) is 1. The Morgan fingerprint density at radius 3 is 2.74 bits per heavy atom. The Labute approximate surface area is 157 Å². The normalized spacial score (nSPS) is 16.9. The number of piperidine rings is 1. The number of benzene rings is 2.